The summed E-state index contributed by atoms with van der Waals surface area (Å²) in [6.07, 6.45) is -1.31. The van der Waals surface area contributed by atoms with Crippen LogP contribution in [0.3, 0.4) is 0 Å². The number of ketones is 1. The summed E-state index contributed by atoms with van der Waals surface area (Å²) in [4.78, 5) is 21.7. The molecule has 0 aromatic heterocycles. The summed E-state index contributed by atoms with van der Waals surface area (Å²) >= 11 is 0. The topological polar surface area (TPSA) is 86.6 Å². The van der Waals surface area contributed by atoms with Crippen molar-refractivity contribution in [3.63, 3.8) is 0 Å². The van der Waals surface area contributed by atoms with Gasteiger partial charge in [0.1, 0.15) is 11.9 Å². The number of hydrogen-bond acceptors (Lipinski definition) is 4. The van der Waals surface area contributed by atoms with Crippen molar-refractivity contribution in [3.8, 4) is 0 Å². The highest BCUT2D eigenvalue weighted by molar-refractivity contribution is 5.78. The van der Waals surface area contributed by atoms with E-state index in [1.54, 1.807) is 24.3 Å². The zero-order valence-corrected chi connectivity index (χ0v) is 11.8. The molecule has 0 aliphatic carbocycles. The molecule has 0 saturated carbocycles. The van der Waals surface area contributed by atoms with Crippen LogP contribution in [0.1, 0.15) is 37.5 Å². The minimum absolute atomic E-state index is 0.0774. The van der Waals surface area contributed by atoms with Gasteiger partial charge in [0.2, 0.25) is 5.91 Å². The maximum absolute atomic E-state index is 11.0. The number of aliphatic hydroxyl groups excluding tert-OH is 2. The Morgan fingerprint density at radius 1 is 1.15 bits per heavy atom. The average Bonchev–Trinajstić information content (AvgIpc) is 2.37. The SMILES string of the molecule is CC(=O)Cc1ccc(C(O)C(O)CCNC(C)=O)cc1. The lowest BCUT2D eigenvalue weighted by molar-refractivity contribution is -0.119. The largest absolute Gasteiger partial charge is 0.390 e. The lowest BCUT2D eigenvalue weighted by Gasteiger charge is -2.18. The van der Waals surface area contributed by atoms with Gasteiger partial charge >= 0.3 is 0 Å². The first-order valence-electron chi connectivity index (χ1n) is 6.59. The van der Waals surface area contributed by atoms with E-state index in [2.05, 4.69) is 5.32 Å². The molecule has 1 aromatic rings. The summed E-state index contributed by atoms with van der Waals surface area (Å²) in [5.41, 5.74) is 1.47. The van der Waals surface area contributed by atoms with Crippen LogP contribution in [-0.2, 0) is 16.0 Å². The van der Waals surface area contributed by atoms with Crippen molar-refractivity contribution in [2.24, 2.45) is 0 Å². The normalized spacial score (nSPS) is 13.6. The molecule has 20 heavy (non-hydrogen) atoms. The molecule has 1 aromatic carbocycles. The van der Waals surface area contributed by atoms with Crippen LogP contribution in [0.5, 0.6) is 0 Å². The number of hydrogen-bond donors (Lipinski definition) is 3. The second-order valence-corrected chi connectivity index (χ2v) is 4.90. The van der Waals surface area contributed by atoms with E-state index in [0.717, 1.165) is 5.56 Å². The number of benzene rings is 1. The molecule has 2 atom stereocenters. The number of amides is 1. The molecule has 0 aliphatic heterocycles. The third-order valence-corrected chi connectivity index (χ3v) is 2.95. The number of carbonyl (C=O) groups is 2. The molecule has 5 heteroatoms. The molecular formula is C15H21NO4. The van der Waals surface area contributed by atoms with E-state index < -0.39 is 12.2 Å². The van der Waals surface area contributed by atoms with E-state index in [-0.39, 0.29) is 18.1 Å². The van der Waals surface area contributed by atoms with Crippen LogP contribution >= 0.6 is 0 Å². The number of nitrogens with one attached hydrogen (secondary N) is 1. The fourth-order valence-corrected chi connectivity index (χ4v) is 1.90. The van der Waals surface area contributed by atoms with Crippen LogP contribution in [0, 0.1) is 0 Å². The molecule has 1 amide bonds. The fraction of sp³-hybridized carbons (Fsp3) is 0.467. The molecule has 0 heterocycles. The third-order valence-electron chi connectivity index (χ3n) is 2.95. The summed E-state index contributed by atoms with van der Waals surface area (Å²) in [6.45, 7) is 3.24. The molecule has 3 N–H and O–H groups in total. The van der Waals surface area contributed by atoms with Crippen LogP contribution in [0.25, 0.3) is 0 Å². The Morgan fingerprint density at radius 2 is 1.75 bits per heavy atom. The van der Waals surface area contributed by atoms with Gasteiger partial charge in [0, 0.05) is 19.9 Å². The van der Waals surface area contributed by atoms with Crippen LogP contribution in [-0.4, -0.2) is 34.6 Å². The number of Topliss-reactive ketones (excluding diaryl/α,β-unsaturated/α-hetero) is 1. The summed E-state index contributed by atoms with van der Waals surface area (Å²) in [5.74, 6) is -0.0890. The van der Waals surface area contributed by atoms with Gasteiger partial charge in [0.15, 0.2) is 0 Å². The maximum Gasteiger partial charge on any atom is 0.216 e. The van der Waals surface area contributed by atoms with E-state index in [4.69, 9.17) is 0 Å². The van der Waals surface area contributed by atoms with Gasteiger partial charge in [-0.15, -0.1) is 0 Å². The van der Waals surface area contributed by atoms with Crippen molar-refractivity contribution in [2.75, 3.05) is 6.54 Å². The van der Waals surface area contributed by atoms with Gasteiger partial charge in [-0.2, -0.15) is 0 Å². The van der Waals surface area contributed by atoms with E-state index in [1.807, 2.05) is 0 Å². The molecule has 0 radical (unpaired) electrons. The van der Waals surface area contributed by atoms with Crippen molar-refractivity contribution in [1.29, 1.82) is 0 Å². The quantitative estimate of drug-likeness (QED) is 0.687. The Morgan fingerprint density at radius 3 is 2.25 bits per heavy atom. The maximum atomic E-state index is 11.0. The molecule has 1 rings (SSSR count). The standard InChI is InChI=1S/C15H21NO4/c1-10(17)9-12-3-5-13(6-4-12)15(20)14(19)7-8-16-11(2)18/h3-6,14-15,19-20H,7-9H2,1-2H3,(H,16,18). The number of aliphatic hydroxyl groups is 2. The monoisotopic (exact) mass is 279 g/mol. The lowest BCUT2D eigenvalue weighted by atomic mass is 9.99. The summed E-state index contributed by atoms with van der Waals surface area (Å²) in [7, 11) is 0. The zero-order chi connectivity index (χ0) is 15.1. The van der Waals surface area contributed by atoms with Crippen molar-refractivity contribution in [3.05, 3.63) is 35.4 Å². The number of carbonyl (C=O) groups excluding carboxylic acids is 2. The first-order chi connectivity index (χ1) is 9.40. The molecule has 0 aliphatic rings. The van der Waals surface area contributed by atoms with Crippen LogP contribution < -0.4 is 5.32 Å². The molecular weight excluding hydrogens is 258 g/mol. The van der Waals surface area contributed by atoms with Crippen molar-refractivity contribution in [1.82, 2.24) is 5.32 Å². The average molecular weight is 279 g/mol. The molecule has 2 unspecified atom stereocenters. The Kier molecular flexibility index (Phi) is 6.35. The van der Waals surface area contributed by atoms with Crippen LogP contribution in [0.2, 0.25) is 0 Å². The fourth-order valence-electron chi connectivity index (χ4n) is 1.90. The smallest absolute Gasteiger partial charge is 0.216 e. The van der Waals surface area contributed by atoms with Gasteiger partial charge in [0.25, 0.3) is 0 Å². The van der Waals surface area contributed by atoms with Gasteiger partial charge < -0.3 is 15.5 Å². The zero-order valence-electron chi connectivity index (χ0n) is 11.8. The Bertz CT molecular complexity index is 455. The predicted molar refractivity (Wildman–Crippen MR) is 75.1 cm³/mol. The second kappa shape index (κ2) is 7.77. The Hall–Kier alpha value is -1.72. The molecule has 0 saturated heterocycles. The van der Waals surface area contributed by atoms with E-state index in [1.165, 1.54) is 13.8 Å². The Labute approximate surface area is 118 Å². The van der Waals surface area contributed by atoms with Gasteiger partial charge in [-0.3, -0.25) is 9.59 Å². The minimum Gasteiger partial charge on any atom is -0.390 e. The first-order valence-corrected chi connectivity index (χ1v) is 6.59. The van der Waals surface area contributed by atoms with Crippen molar-refractivity contribution in [2.45, 2.75) is 38.9 Å². The summed E-state index contributed by atoms with van der Waals surface area (Å²) in [6, 6.07) is 6.93. The predicted octanol–water partition coefficient (Wildman–Crippen LogP) is 0.739. The van der Waals surface area contributed by atoms with Gasteiger partial charge in [-0.05, 0) is 24.5 Å². The highest BCUT2D eigenvalue weighted by atomic mass is 16.3. The minimum atomic E-state index is -1.00. The third kappa shape index (κ3) is 5.50. The second-order valence-electron chi connectivity index (χ2n) is 4.90. The van der Waals surface area contributed by atoms with E-state index in [9.17, 15) is 19.8 Å². The van der Waals surface area contributed by atoms with Gasteiger partial charge in [0.05, 0.1) is 6.10 Å². The van der Waals surface area contributed by atoms with Crippen LogP contribution in [0.15, 0.2) is 24.3 Å². The molecule has 5 nitrogen and oxygen atoms in total. The highest BCUT2D eigenvalue weighted by Crippen LogP contribution is 2.19. The molecule has 110 valence electrons. The molecule has 0 spiro atoms. The van der Waals surface area contributed by atoms with E-state index >= 15 is 0 Å². The van der Waals surface area contributed by atoms with Crippen LogP contribution in [0.4, 0.5) is 0 Å². The van der Waals surface area contributed by atoms with E-state index in [0.29, 0.717) is 18.5 Å². The summed E-state index contributed by atoms with van der Waals surface area (Å²) < 4.78 is 0. The van der Waals surface area contributed by atoms with Crippen molar-refractivity contribution >= 4 is 11.7 Å². The number of rotatable bonds is 7. The molecule has 0 fully saturated rings. The van der Waals surface area contributed by atoms with Gasteiger partial charge in [-0.25, -0.2) is 0 Å². The van der Waals surface area contributed by atoms with Crippen molar-refractivity contribution < 1.29 is 19.8 Å². The highest BCUT2D eigenvalue weighted by Gasteiger charge is 2.18. The van der Waals surface area contributed by atoms with Gasteiger partial charge in [-0.1, -0.05) is 24.3 Å². The lowest BCUT2D eigenvalue weighted by Crippen LogP contribution is -2.27. The summed E-state index contributed by atoms with van der Waals surface area (Å²) in [5, 5.41) is 22.4. The first kappa shape index (κ1) is 16.3. The molecule has 0 bridgehead atoms. The Balaban J connectivity index is 2.55.